The van der Waals surface area contributed by atoms with Gasteiger partial charge < -0.3 is 15.6 Å². The number of phenols is 1. The molecule has 2 aromatic carbocycles. The van der Waals surface area contributed by atoms with Gasteiger partial charge in [-0.2, -0.15) is 0 Å². The highest BCUT2D eigenvalue weighted by Gasteiger charge is 2.12. The van der Waals surface area contributed by atoms with Crippen molar-refractivity contribution in [3.63, 3.8) is 0 Å². The zero-order chi connectivity index (χ0) is 16.1. The lowest BCUT2D eigenvalue weighted by atomic mass is 9.92. The fraction of sp³-hybridized carbons (Fsp3) is 0.333. The van der Waals surface area contributed by atoms with Crippen molar-refractivity contribution in [2.75, 3.05) is 6.54 Å². The second-order valence-corrected chi connectivity index (χ2v) is 6.07. The van der Waals surface area contributed by atoms with Crippen LogP contribution in [0.15, 0.2) is 42.5 Å². The van der Waals surface area contributed by atoms with E-state index in [1.165, 1.54) is 0 Å². The monoisotopic (exact) mass is 319 g/mol. The molecule has 22 heavy (non-hydrogen) atoms. The van der Waals surface area contributed by atoms with Crippen LogP contribution in [-0.2, 0) is 6.42 Å². The molecule has 0 heterocycles. The lowest BCUT2D eigenvalue weighted by Gasteiger charge is -2.17. The minimum absolute atomic E-state index is 0.0946. The quantitative estimate of drug-likeness (QED) is 0.842. The van der Waals surface area contributed by atoms with Crippen molar-refractivity contribution in [3.05, 3.63) is 58.6 Å². The van der Waals surface area contributed by atoms with E-state index in [9.17, 15) is 5.11 Å². The van der Waals surface area contributed by atoms with E-state index in [-0.39, 0.29) is 17.8 Å². The van der Waals surface area contributed by atoms with Crippen molar-refractivity contribution in [1.29, 1.82) is 0 Å². The zero-order valence-electron chi connectivity index (χ0n) is 12.9. The first-order valence-corrected chi connectivity index (χ1v) is 7.81. The van der Waals surface area contributed by atoms with Gasteiger partial charge in [-0.3, -0.25) is 0 Å². The van der Waals surface area contributed by atoms with E-state index in [2.05, 4.69) is 0 Å². The molecule has 0 fully saturated rings. The van der Waals surface area contributed by atoms with Crippen molar-refractivity contribution >= 4 is 11.6 Å². The molecule has 0 saturated heterocycles. The third-order valence-corrected chi connectivity index (χ3v) is 3.79. The molecule has 118 valence electrons. The molecule has 0 amide bonds. The van der Waals surface area contributed by atoms with Crippen LogP contribution in [0.2, 0.25) is 5.02 Å². The fourth-order valence-corrected chi connectivity index (χ4v) is 2.64. The molecule has 0 aliphatic carbocycles. The lowest BCUT2D eigenvalue weighted by molar-refractivity contribution is 0.242. The molecule has 2 aromatic rings. The first kappa shape index (κ1) is 16.7. The Balaban J connectivity index is 2.14. The van der Waals surface area contributed by atoms with Gasteiger partial charge in [0.2, 0.25) is 0 Å². The molecular formula is C18H22ClNO2. The molecule has 1 atom stereocenters. The Hall–Kier alpha value is -1.71. The number of aromatic hydroxyl groups is 1. The molecule has 1 unspecified atom stereocenters. The summed E-state index contributed by atoms with van der Waals surface area (Å²) in [4.78, 5) is 0. The predicted octanol–water partition coefficient (Wildman–Crippen LogP) is 4.12. The maximum atomic E-state index is 9.38. The maximum Gasteiger partial charge on any atom is 0.138 e. The molecule has 0 aliphatic rings. The minimum atomic E-state index is 0.0946. The molecule has 0 radical (unpaired) electrons. The second-order valence-electron chi connectivity index (χ2n) is 5.66. The van der Waals surface area contributed by atoms with Gasteiger partial charge in [0.15, 0.2) is 0 Å². The topological polar surface area (TPSA) is 55.5 Å². The summed E-state index contributed by atoms with van der Waals surface area (Å²) in [6.45, 7) is 4.48. The summed E-state index contributed by atoms with van der Waals surface area (Å²) in [5.74, 6) is 1.15. The van der Waals surface area contributed by atoms with E-state index in [1.54, 1.807) is 12.1 Å². The van der Waals surface area contributed by atoms with Crippen LogP contribution in [0.3, 0.4) is 0 Å². The van der Waals surface area contributed by atoms with E-state index in [4.69, 9.17) is 22.1 Å². The van der Waals surface area contributed by atoms with E-state index < -0.39 is 0 Å². The summed E-state index contributed by atoms with van der Waals surface area (Å²) in [7, 11) is 0. The van der Waals surface area contributed by atoms with Crippen LogP contribution in [-0.4, -0.2) is 17.8 Å². The molecule has 0 bridgehead atoms. The molecule has 3 N–H and O–H groups in total. The normalized spacial score (nSPS) is 12.4. The van der Waals surface area contributed by atoms with Gasteiger partial charge in [0.25, 0.3) is 0 Å². The average molecular weight is 320 g/mol. The number of benzene rings is 2. The van der Waals surface area contributed by atoms with Crippen LogP contribution in [0.25, 0.3) is 0 Å². The van der Waals surface area contributed by atoms with Gasteiger partial charge >= 0.3 is 0 Å². The minimum Gasteiger partial charge on any atom is -0.508 e. The van der Waals surface area contributed by atoms with Gasteiger partial charge in [0.05, 0.1) is 11.1 Å². The highest BCUT2D eigenvalue weighted by Crippen LogP contribution is 2.29. The first-order chi connectivity index (χ1) is 10.5. The van der Waals surface area contributed by atoms with Gasteiger partial charge in [0, 0.05) is 5.92 Å². The molecule has 4 heteroatoms. The van der Waals surface area contributed by atoms with Gasteiger partial charge in [-0.25, -0.2) is 0 Å². The molecule has 0 saturated carbocycles. The molecule has 0 aromatic heterocycles. The standard InChI is InChI=1S/C18H22ClNO2/c1-12(2)22-18-8-3-13(10-17(18)19)9-15(11-20)14-4-6-16(21)7-5-14/h3-8,10,12,15,21H,9,11,20H2,1-2H3. The first-order valence-electron chi connectivity index (χ1n) is 7.43. The van der Waals surface area contributed by atoms with E-state index in [0.29, 0.717) is 17.3 Å². The van der Waals surface area contributed by atoms with Crippen LogP contribution in [0.1, 0.15) is 30.9 Å². The van der Waals surface area contributed by atoms with Crippen molar-refractivity contribution in [3.8, 4) is 11.5 Å². The molecule has 2 rings (SSSR count). The molecule has 3 nitrogen and oxygen atoms in total. The largest absolute Gasteiger partial charge is 0.508 e. The zero-order valence-corrected chi connectivity index (χ0v) is 13.7. The third kappa shape index (κ3) is 4.39. The number of halogens is 1. The molecule has 0 aliphatic heterocycles. The Kier molecular flexibility index (Phi) is 5.69. The van der Waals surface area contributed by atoms with E-state index in [0.717, 1.165) is 17.5 Å². The van der Waals surface area contributed by atoms with E-state index in [1.807, 2.05) is 44.2 Å². The number of phenolic OH excluding ortho intramolecular Hbond substituents is 1. The predicted molar refractivity (Wildman–Crippen MR) is 90.8 cm³/mol. The smallest absolute Gasteiger partial charge is 0.138 e. The van der Waals surface area contributed by atoms with E-state index >= 15 is 0 Å². The third-order valence-electron chi connectivity index (χ3n) is 3.49. The Labute approximate surface area is 136 Å². The van der Waals surface area contributed by atoms with Gasteiger partial charge in [-0.15, -0.1) is 0 Å². The summed E-state index contributed by atoms with van der Waals surface area (Å²) in [6, 6.07) is 13.0. The Morgan fingerprint density at radius 3 is 2.36 bits per heavy atom. The highest BCUT2D eigenvalue weighted by molar-refractivity contribution is 6.32. The number of rotatable bonds is 6. The Morgan fingerprint density at radius 1 is 1.14 bits per heavy atom. The van der Waals surface area contributed by atoms with Crippen LogP contribution in [0, 0.1) is 0 Å². The summed E-state index contributed by atoms with van der Waals surface area (Å²) in [5.41, 5.74) is 8.13. The Morgan fingerprint density at radius 2 is 1.82 bits per heavy atom. The van der Waals surface area contributed by atoms with Crippen molar-refractivity contribution < 1.29 is 9.84 Å². The SMILES string of the molecule is CC(C)Oc1ccc(CC(CN)c2ccc(O)cc2)cc1Cl. The van der Waals surface area contributed by atoms with Crippen LogP contribution in [0.5, 0.6) is 11.5 Å². The Bertz CT molecular complexity index is 611. The lowest BCUT2D eigenvalue weighted by Crippen LogP contribution is -2.15. The van der Waals surface area contributed by atoms with Gasteiger partial charge in [-0.05, 0) is 62.2 Å². The number of hydrogen-bond acceptors (Lipinski definition) is 3. The number of nitrogens with two attached hydrogens (primary N) is 1. The molecule has 0 spiro atoms. The molecular weight excluding hydrogens is 298 g/mol. The maximum absolute atomic E-state index is 9.38. The van der Waals surface area contributed by atoms with Gasteiger partial charge in [-0.1, -0.05) is 29.8 Å². The van der Waals surface area contributed by atoms with Crippen LogP contribution in [0.4, 0.5) is 0 Å². The van der Waals surface area contributed by atoms with Crippen molar-refractivity contribution in [2.24, 2.45) is 5.73 Å². The fourth-order valence-electron chi connectivity index (χ4n) is 2.39. The summed E-state index contributed by atoms with van der Waals surface area (Å²) in [5, 5.41) is 10.00. The van der Waals surface area contributed by atoms with Crippen LogP contribution < -0.4 is 10.5 Å². The van der Waals surface area contributed by atoms with Crippen LogP contribution >= 0.6 is 11.6 Å². The summed E-state index contributed by atoms with van der Waals surface area (Å²) >= 11 is 6.28. The highest BCUT2D eigenvalue weighted by atomic mass is 35.5. The second kappa shape index (κ2) is 7.52. The van der Waals surface area contributed by atoms with Crippen molar-refractivity contribution in [2.45, 2.75) is 32.3 Å². The average Bonchev–Trinajstić information content (AvgIpc) is 2.48. The summed E-state index contributed by atoms with van der Waals surface area (Å²) in [6.07, 6.45) is 0.889. The van der Waals surface area contributed by atoms with Gasteiger partial charge in [0.1, 0.15) is 11.5 Å². The van der Waals surface area contributed by atoms with Crippen molar-refractivity contribution in [1.82, 2.24) is 0 Å². The number of ether oxygens (including phenoxy) is 1. The summed E-state index contributed by atoms with van der Waals surface area (Å²) < 4.78 is 5.64. The number of hydrogen-bond donors (Lipinski definition) is 2.